The molecule has 0 spiro atoms. The van der Waals surface area contributed by atoms with Crippen LogP contribution in [0.25, 0.3) is 0 Å². The Balaban J connectivity index is 4.03. The standard InChI is InChI=1S/C12H22N2O6/c1-12(2,7-15)10(18)11(19)14-6-4-9(17)20-8(16)3-5-13/h10,15,18H,3-7,13H2,1-2H3,(H,14,19)/t10-/m0/s1. The molecule has 5 N–H and O–H groups in total. The first-order chi connectivity index (χ1) is 9.24. The van der Waals surface area contributed by atoms with E-state index in [-0.39, 0.29) is 32.5 Å². The summed E-state index contributed by atoms with van der Waals surface area (Å²) in [5.74, 6) is -2.20. The zero-order valence-electron chi connectivity index (χ0n) is 11.7. The normalized spacial score (nSPS) is 12.7. The zero-order chi connectivity index (χ0) is 15.8. The molecule has 1 amide bonds. The van der Waals surface area contributed by atoms with E-state index in [0.29, 0.717) is 0 Å². The molecule has 0 aliphatic carbocycles. The molecule has 0 aliphatic heterocycles. The highest BCUT2D eigenvalue weighted by Crippen LogP contribution is 2.19. The predicted molar refractivity (Wildman–Crippen MR) is 69.3 cm³/mol. The zero-order valence-corrected chi connectivity index (χ0v) is 11.7. The molecule has 116 valence electrons. The number of hydrogen-bond acceptors (Lipinski definition) is 7. The molecule has 0 aromatic heterocycles. The van der Waals surface area contributed by atoms with Crippen molar-refractivity contribution in [3.05, 3.63) is 0 Å². The van der Waals surface area contributed by atoms with E-state index in [9.17, 15) is 19.5 Å². The summed E-state index contributed by atoms with van der Waals surface area (Å²) in [4.78, 5) is 33.7. The van der Waals surface area contributed by atoms with Crippen molar-refractivity contribution in [1.82, 2.24) is 5.32 Å². The van der Waals surface area contributed by atoms with Gasteiger partial charge in [0.15, 0.2) is 0 Å². The fraction of sp³-hybridized carbons (Fsp3) is 0.750. The highest BCUT2D eigenvalue weighted by Gasteiger charge is 2.32. The molecular weight excluding hydrogens is 268 g/mol. The van der Waals surface area contributed by atoms with Crippen molar-refractivity contribution in [2.24, 2.45) is 11.1 Å². The van der Waals surface area contributed by atoms with Crippen LogP contribution in [0.15, 0.2) is 0 Å². The lowest BCUT2D eigenvalue weighted by Gasteiger charge is -2.27. The molecule has 0 rings (SSSR count). The minimum atomic E-state index is -1.40. The van der Waals surface area contributed by atoms with E-state index in [1.165, 1.54) is 13.8 Å². The number of aliphatic hydroxyl groups is 2. The van der Waals surface area contributed by atoms with E-state index in [1.807, 2.05) is 0 Å². The number of carbonyl (C=O) groups is 3. The van der Waals surface area contributed by atoms with Gasteiger partial charge in [-0.25, -0.2) is 0 Å². The van der Waals surface area contributed by atoms with Gasteiger partial charge in [-0.05, 0) is 0 Å². The molecule has 0 unspecified atom stereocenters. The van der Waals surface area contributed by atoms with E-state index >= 15 is 0 Å². The lowest BCUT2D eigenvalue weighted by Crippen LogP contribution is -2.46. The van der Waals surface area contributed by atoms with Crippen LogP contribution in [-0.4, -0.2) is 53.9 Å². The van der Waals surface area contributed by atoms with E-state index in [2.05, 4.69) is 10.1 Å². The Hall–Kier alpha value is -1.51. The van der Waals surface area contributed by atoms with Crippen molar-refractivity contribution < 1.29 is 29.3 Å². The molecule has 20 heavy (non-hydrogen) atoms. The van der Waals surface area contributed by atoms with E-state index < -0.39 is 29.4 Å². The first kappa shape index (κ1) is 18.5. The van der Waals surface area contributed by atoms with Crippen molar-refractivity contribution in [2.75, 3.05) is 19.7 Å². The molecule has 0 heterocycles. The van der Waals surface area contributed by atoms with E-state index in [4.69, 9.17) is 10.8 Å². The van der Waals surface area contributed by atoms with Gasteiger partial charge < -0.3 is 26.0 Å². The van der Waals surface area contributed by atoms with Crippen LogP contribution in [0.2, 0.25) is 0 Å². The van der Waals surface area contributed by atoms with Crippen molar-refractivity contribution in [2.45, 2.75) is 32.8 Å². The van der Waals surface area contributed by atoms with Gasteiger partial charge in [-0.1, -0.05) is 13.8 Å². The summed E-state index contributed by atoms with van der Waals surface area (Å²) in [7, 11) is 0. The first-order valence-corrected chi connectivity index (χ1v) is 6.24. The van der Waals surface area contributed by atoms with Gasteiger partial charge in [-0.3, -0.25) is 14.4 Å². The SMILES string of the molecule is CC(C)(CO)[C@@H](O)C(=O)NCCC(=O)OC(=O)CCN. The fourth-order valence-electron chi connectivity index (χ4n) is 1.17. The number of amides is 1. The van der Waals surface area contributed by atoms with Crippen LogP contribution in [0, 0.1) is 5.41 Å². The molecule has 0 aliphatic rings. The Labute approximate surface area is 117 Å². The smallest absolute Gasteiger partial charge is 0.315 e. The summed E-state index contributed by atoms with van der Waals surface area (Å²) in [6.07, 6.45) is -1.65. The molecule has 1 atom stereocenters. The van der Waals surface area contributed by atoms with Gasteiger partial charge >= 0.3 is 11.9 Å². The summed E-state index contributed by atoms with van der Waals surface area (Å²) in [5.41, 5.74) is 4.13. The summed E-state index contributed by atoms with van der Waals surface area (Å²) in [6, 6.07) is 0. The second kappa shape index (κ2) is 8.62. The molecular formula is C12H22N2O6. The molecule has 0 aromatic carbocycles. The first-order valence-electron chi connectivity index (χ1n) is 6.24. The predicted octanol–water partition coefficient (Wildman–Crippen LogP) is -1.71. The lowest BCUT2D eigenvalue weighted by molar-refractivity contribution is -0.159. The Morgan fingerprint density at radius 1 is 1.25 bits per heavy atom. The third-order valence-electron chi connectivity index (χ3n) is 2.60. The van der Waals surface area contributed by atoms with Gasteiger partial charge in [0, 0.05) is 18.5 Å². The van der Waals surface area contributed by atoms with Crippen molar-refractivity contribution >= 4 is 17.8 Å². The monoisotopic (exact) mass is 290 g/mol. The molecule has 0 aromatic rings. The Bertz CT molecular complexity index is 356. The third kappa shape index (κ3) is 6.60. The second-order valence-electron chi connectivity index (χ2n) is 4.98. The lowest BCUT2D eigenvalue weighted by atomic mass is 9.87. The van der Waals surface area contributed by atoms with Crippen molar-refractivity contribution in [1.29, 1.82) is 0 Å². The minimum Gasteiger partial charge on any atom is -0.396 e. The maximum absolute atomic E-state index is 11.5. The van der Waals surface area contributed by atoms with Crippen LogP contribution >= 0.6 is 0 Å². The molecule has 0 saturated carbocycles. The average molecular weight is 290 g/mol. The summed E-state index contributed by atoms with van der Waals surface area (Å²) < 4.78 is 4.41. The van der Waals surface area contributed by atoms with Gasteiger partial charge in [0.1, 0.15) is 6.10 Å². The molecule has 0 radical (unpaired) electrons. The van der Waals surface area contributed by atoms with Crippen molar-refractivity contribution in [3.63, 3.8) is 0 Å². The van der Waals surface area contributed by atoms with Gasteiger partial charge in [0.25, 0.3) is 0 Å². The number of rotatable bonds is 8. The highest BCUT2D eigenvalue weighted by molar-refractivity contribution is 5.86. The number of hydrogen-bond donors (Lipinski definition) is 4. The van der Waals surface area contributed by atoms with Gasteiger partial charge in [0.2, 0.25) is 5.91 Å². The topological polar surface area (TPSA) is 139 Å². The Morgan fingerprint density at radius 3 is 2.30 bits per heavy atom. The minimum absolute atomic E-state index is 0.0541. The molecule has 0 saturated heterocycles. The van der Waals surface area contributed by atoms with Crippen LogP contribution in [-0.2, 0) is 19.1 Å². The number of nitrogens with two attached hydrogens (primary N) is 1. The van der Waals surface area contributed by atoms with Gasteiger partial charge in [-0.2, -0.15) is 0 Å². The average Bonchev–Trinajstić information content (AvgIpc) is 2.37. The summed E-state index contributed by atoms with van der Waals surface area (Å²) >= 11 is 0. The second-order valence-corrected chi connectivity index (χ2v) is 4.98. The fourth-order valence-corrected chi connectivity index (χ4v) is 1.17. The molecule has 8 nitrogen and oxygen atoms in total. The Morgan fingerprint density at radius 2 is 1.80 bits per heavy atom. The third-order valence-corrected chi connectivity index (χ3v) is 2.60. The van der Waals surface area contributed by atoms with E-state index in [0.717, 1.165) is 0 Å². The Kier molecular flexibility index (Phi) is 7.97. The molecule has 0 bridgehead atoms. The van der Waals surface area contributed by atoms with Crippen LogP contribution < -0.4 is 11.1 Å². The van der Waals surface area contributed by atoms with Crippen LogP contribution in [0.1, 0.15) is 26.7 Å². The number of carbonyl (C=O) groups excluding carboxylic acids is 3. The number of aliphatic hydroxyl groups excluding tert-OH is 2. The molecule has 8 heteroatoms. The number of esters is 2. The van der Waals surface area contributed by atoms with E-state index in [1.54, 1.807) is 0 Å². The molecule has 0 fully saturated rings. The largest absolute Gasteiger partial charge is 0.396 e. The maximum Gasteiger partial charge on any atom is 0.315 e. The van der Waals surface area contributed by atoms with Gasteiger partial charge in [0.05, 0.1) is 19.4 Å². The van der Waals surface area contributed by atoms with Gasteiger partial charge in [-0.15, -0.1) is 0 Å². The van der Waals surface area contributed by atoms with Crippen LogP contribution in [0.3, 0.4) is 0 Å². The quantitative estimate of drug-likeness (QED) is 0.308. The number of nitrogens with one attached hydrogen (secondary N) is 1. The van der Waals surface area contributed by atoms with Crippen LogP contribution in [0.4, 0.5) is 0 Å². The summed E-state index contributed by atoms with van der Waals surface area (Å²) in [5, 5.41) is 21.0. The van der Waals surface area contributed by atoms with Crippen molar-refractivity contribution in [3.8, 4) is 0 Å². The highest BCUT2D eigenvalue weighted by atomic mass is 16.6. The number of ether oxygens (including phenoxy) is 1. The van der Waals surface area contributed by atoms with Crippen LogP contribution in [0.5, 0.6) is 0 Å². The maximum atomic E-state index is 11.5. The summed E-state index contributed by atoms with van der Waals surface area (Å²) in [6.45, 7) is 2.70.